The summed E-state index contributed by atoms with van der Waals surface area (Å²) in [5.41, 5.74) is 1.17. The van der Waals surface area contributed by atoms with Gasteiger partial charge in [-0.25, -0.2) is 9.18 Å². The number of halogens is 1. The van der Waals surface area contributed by atoms with Crippen LogP contribution in [0, 0.1) is 5.82 Å². The summed E-state index contributed by atoms with van der Waals surface area (Å²) in [4.78, 5) is 12.2. The lowest BCUT2D eigenvalue weighted by Gasteiger charge is -2.18. The van der Waals surface area contributed by atoms with Crippen molar-refractivity contribution in [3.8, 4) is 0 Å². The van der Waals surface area contributed by atoms with Crippen LogP contribution in [0.5, 0.6) is 0 Å². The molecule has 5 heteroatoms. The number of aliphatic hydroxyl groups is 1. The van der Waals surface area contributed by atoms with Gasteiger partial charge in [-0.1, -0.05) is 6.07 Å². The zero-order chi connectivity index (χ0) is 12.3. The van der Waals surface area contributed by atoms with Crippen LogP contribution in [0.4, 0.5) is 10.1 Å². The van der Waals surface area contributed by atoms with Crippen LogP contribution in [0.2, 0.25) is 0 Å². The highest BCUT2D eigenvalue weighted by molar-refractivity contribution is 5.73. The first-order valence-electron chi connectivity index (χ1n) is 4.78. The predicted octanol–water partition coefficient (Wildman–Crippen LogP) is 0.880. The Morgan fingerprint density at radius 3 is 2.62 bits per heavy atom. The number of nitrogens with zero attached hydrogens (tertiary/aromatic N) is 1. The lowest BCUT2D eigenvalue weighted by molar-refractivity contribution is -0.146. The fourth-order valence-corrected chi connectivity index (χ4v) is 1.42. The van der Waals surface area contributed by atoms with Gasteiger partial charge < -0.3 is 15.1 Å². The Bertz CT molecular complexity index is 393. The number of aliphatic hydroxyl groups excluding tert-OH is 1. The van der Waals surface area contributed by atoms with E-state index in [0.29, 0.717) is 11.3 Å². The molecular formula is C11H14FNO3. The molecule has 0 spiro atoms. The van der Waals surface area contributed by atoms with Crippen LogP contribution in [-0.4, -0.2) is 36.4 Å². The second-order valence-electron chi connectivity index (χ2n) is 3.73. The van der Waals surface area contributed by atoms with E-state index in [2.05, 4.69) is 0 Å². The molecule has 1 aromatic carbocycles. The van der Waals surface area contributed by atoms with Gasteiger partial charge in [0.25, 0.3) is 0 Å². The van der Waals surface area contributed by atoms with Crippen molar-refractivity contribution in [3.05, 3.63) is 29.6 Å². The molecule has 0 heterocycles. The van der Waals surface area contributed by atoms with E-state index < -0.39 is 17.9 Å². The molecule has 2 N–H and O–H groups in total. The second-order valence-corrected chi connectivity index (χ2v) is 3.73. The van der Waals surface area contributed by atoms with Gasteiger partial charge in [0, 0.05) is 26.2 Å². The Hall–Kier alpha value is -1.62. The maximum atomic E-state index is 13.0. The van der Waals surface area contributed by atoms with E-state index in [9.17, 15) is 14.3 Å². The minimum atomic E-state index is -1.47. The fraction of sp³-hybridized carbons (Fsp3) is 0.364. The number of anilines is 1. The van der Waals surface area contributed by atoms with Crippen molar-refractivity contribution in [1.29, 1.82) is 0 Å². The lowest BCUT2D eigenvalue weighted by Crippen LogP contribution is -2.23. The highest BCUT2D eigenvalue weighted by Gasteiger charge is 2.16. The monoisotopic (exact) mass is 227 g/mol. The van der Waals surface area contributed by atoms with Crippen LogP contribution in [0.25, 0.3) is 0 Å². The Labute approximate surface area is 92.9 Å². The van der Waals surface area contributed by atoms with E-state index in [0.717, 1.165) is 0 Å². The zero-order valence-corrected chi connectivity index (χ0v) is 9.14. The topological polar surface area (TPSA) is 60.8 Å². The average Bonchev–Trinajstić information content (AvgIpc) is 2.20. The van der Waals surface area contributed by atoms with Gasteiger partial charge in [0.1, 0.15) is 5.82 Å². The zero-order valence-electron chi connectivity index (χ0n) is 9.14. The van der Waals surface area contributed by atoms with E-state index >= 15 is 0 Å². The molecule has 16 heavy (non-hydrogen) atoms. The number of carbonyl (C=O) groups is 1. The van der Waals surface area contributed by atoms with Gasteiger partial charge in [0.15, 0.2) is 6.10 Å². The Kier molecular flexibility index (Phi) is 3.84. The first-order valence-corrected chi connectivity index (χ1v) is 4.78. The summed E-state index contributed by atoms with van der Waals surface area (Å²) in [6.45, 7) is 0. The lowest BCUT2D eigenvalue weighted by atomic mass is 10.1. The Morgan fingerprint density at radius 2 is 2.12 bits per heavy atom. The number of hydrogen-bond acceptors (Lipinski definition) is 3. The maximum Gasteiger partial charge on any atom is 0.332 e. The van der Waals surface area contributed by atoms with E-state index in [1.54, 1.807) is 19.0 Å². The van der Waals surface area contributed by atoms with Crippen molar-refractivity contribution in [2.45, 2.75) is 12.5 Å². The van der Waals surface area contributed by atoms with Crippen LogP contribution in [0.3, 0.4) is 0 Å². The molecule has 0 radical (unpaired) electrons. The van der Waals surface area contributed by atoms with Crippen molar-refractivity contribution in [2.75, 3.05) is 19.0 Å². The predicted molar refractivity (Wildman–Crippen MR) is 58.1 cm³/mol. The van der Waals surface area contributed by atoms with Gasteiger partial charge in [-0.2, -0.15) is 0 Å². The third kappa shape index (κ3) is 2.93. The summed E-state index contributed by atoms with van der Waals surface area (Å²) in [5, 5.41) is 17.8. The highest BCUT2D eigenvalue weighted by Crippen LogP contribution is 2.21. The summed E-state index contributed by atoms with van der Waals surface area (Å²) >= 11 is 0. The van der Waals surface area contributed by atoms with Crippen LogP contribution >= 0.6 is 0 Å². The number of rotatable bonds is 4. The molecule has 4 nitrogen and oxygen atoms in total. The van der Waals surface area contributed by atoms with Crippen LogP contribution in [-0.2, 0) is 11.2 Å². The van der Waals surface area contributed by atoms with Crippen LogP contribution in [0.1, 0.15) is 5.56 Å². The maximum absolute atomic E-state index is 13.0. The summed E-state index contributed by atoms with van der Waals surface area (Å²) in [7, 11) is 3.46. The number of hydrogen-bond donors (Lipinski definition) is 2. The van der Waals surface area contributed by atoms with Gasteiger partial charge in [-0.15, -0.1) is 0 Å². The standard InChI is InChI=1S/C11H14FNO3/c1-13(2)9-6-8(12)4-3-7(9)5-10(14)11(15)16/h3-4,6,10,14H,5H2,1-2H3,(H,15,16). The summed E-state index contributed by atoms with van der Waals surface area (Å²) in [5.74, 6) is -1.67. The summed E-state index contributed by atoms with van der Waals surface area (Å²) in [6.07, 6.45) is -1.51. The SMILES string of the molecule is CN(C)c1cc(F)ccc1CC(O)C(=O)O. The minimum Gasteiger partial charge on any atom is -0.479 e. The minimum absolute atomic E-state index is 0.0386. The van der Waals surface area contributed by atoms with Crippen molar-refractivity contribution in [3.63, 3.8) is 0 Å². The molecule has 88 valence electrons. The summed E-state index contributed by atoms with van der Waals surface area (Å²) < 4.78 is 13.0. The van der Waals surface area contributed by atoms with Gasteiger partial charge in [-0.3, -0.25) is 0 Å². The van der Waals surface area contributed by atoms with Gasteiger partial charge in [-0.05, 0) is 17.7 Å². The molecule has 0 aliphatic heterocycles. The molecule has 0 saturated carbocycles. The first kappa shape index (κ1) is 12.4. The van der Waals surface area contributed by atoms with Crippen molar-refractivity contribution < 1.29 is 19.4 Å². The molecule has 0 saturated heterocycles. The quantitative estimate of drug-likeness (QED) is 0.801. The molecule has 0 bridgehead atoms. The summed E-state index contributed by atoms with van der Waals surface area (Å²) in [6, 6.07) is 4.04. The average molecular weight is 227 g/mol. The van der Waals surface area contributed by atoms with Crippen molar-refractivity contribution in [1.82, 2.24) is 0 Å². The fourth-order valence-electron chi connectivity index (χ4n) is 1.42. The van der Waals surface area contributed by atoms with Crippen molar-refractivity contribution in [2.24, 2.45) is 0 Å². The molecule has 0 fully saturated rings. The molecule has 1 rings (SSSR count). The van der Waals surface area contributed by atoms with Gasteiger partial charge >= 0.3 is 5.97 Å². The number of aliphatic carboxylic acids is 1. The number of carboxylic acid groups (broad SMARTS) is 1. The molecule has 1 aromatic rings. The van der Waals surface area contributed by atoms with Crippen LogP contribution in [0.15, 0.2) is 18.2 Å². The van der Waals surface area contributed by atoms with Crippen LogP contribution < -0.4 is 4.90 Å². The normalized spacial score (nSPS) is 12.2. The van der Waals surface area contributed by atoms with E-state index in [-0.39, 0.29) is 6.42 Å². The third-order valence-electron chi connectivity index (χ3n) is 2.23. The molecular weight excluding hydrogens is 213 g/mol. The third-order valence-corrected chi connectivity index (χ3v) is 2.23. The largest absolute Gasteiger partial charge is 0.479 e. The Morgan fingerprint density at radius 1 is 1.50 bits per heavy atom. The Balaban J connectivity index is 2.99. The second kappa shape index (κ2) is 4.94. The number of benzene rings is 1. The highest BCUT2D eigenvalue weighted by atomic mass is 19.1. The van der Waals surface area contributed by atoms with E-state index in [1.807, 2.05) is 0 Å². The molecule has 0 amide bonds. The first-order chi connectivity index (χ1) is 7.41. The molecule has 0 aliphatic rings. The van der Waals surface area contributed by atoms with E-state index in [1.165, 1.54) is 18.2 Å². The number of carboxylic acids is 1. The van der Waals surface area contributed by atoms with E-state index in [4.69, 9.17) is 5.11 Å². The molecule has 1 unspecified atom stereocenters. The van der Waals surface area contributed by atoms with Crippen molar-refractivity contribution >= 4 is 11.7 Å². The molecule has 0 aromatic heterocycles. The molecule has 0 aliphatic carbocycles. The smallest absolute Gasteiger partial charge is 0.332 e. The van der Waals surface area contributed by atoms with Gasteiger partial charge in [0.2, 0.25) is 0 Å². The van der Waals surface area contributed by atoms with Gasteiger partial charge in [0.05, 0.1) is 0 Å². The molecule has 1 atom stereocenters.